The molecule has 0 spiro atoms. The van der Waals surface area contributed by atoms with Crippen LogP contribution in [0.2, 0.25) is 0 Å². The Bertz CT molecular complexity index is 551. The minimum Gasteiger partial charge on any atom is -0.327 e. The van der Waals surface area contributed by atoms with Gasteiger partial charge in [-0.15, -0.1) is 0 Å². The van der Waals surface area contributed by atoms with Crippen LogP contribution in [0.3, 0.4) is 0 Å². The first kappa shape index (κ1) is 12.1. The molecule has 100 valence electrons. The fourth-order valence-electron chi connectivity index (χ4n) is 2.73. The number of hydrogen-bond acceptors (Lipinski definition) is 5. The van der Waals surface area contributed by atoms with Gasteiger partial charge in [-0.05, 0) is 19.3 Å². The number of hydrogen-bond donors (Lipinski definition) is 1. The van der Waals surface area contributed by atoms with Crippen LogP contribution in [0.25, 0.3) is 0 Å². The van der Waals surface area contributed by atoms with Gasteiger partial charge >= 0.3 is 0 Å². The average Bonchev–Trinajstić information content (AvgIpc) is 2.70. The summed E-state index contributed by atoms with van der Waals surface area (Å²) in [4.78, 5) is 4.41. The number of nitrogens with zero attached hydrogens (tertiary/aromatic N) is 3. The fourth-order valence-corrected chi connectivity index (χ4v) is 4.57. The van der Waals surface area contributed by atoms with E-state index in [4.69, 9.17) is 5.73 Å². The first-order valence-electron chi connectivity index (χ1n) is 6.47. The van der Waals surface area contributed by atoms with Gasteiger partial charge < -0.3 is 5.73 Å². The van der Waals surface area contributed by atoms with Crippen molar-refractivity contribution >= 4 is 9.84 Å². The van der Waals surface area contributed by atoms with Gasteiger partial charge in [-0.25, -0.2) is 18.1 Å². The zero-order valence-electron chi connectivity index (χ0n) is 10.2. The highest BCUT2D eigenvalue weighted by molar-refractivity contribution is 7.91. The van der Waals surface area contributed by atoms with Crippen molar-refractivity contribution in [3.63, 3.8) is 0 Å². The van der Waals surface area contributed by atoms with E-state index in [1.54, 1.807) is 0 Å². The number of aryl methyl sites for hydroxylation is 1. The van der Waals surface area contributed by atoms with Gasteiger partial charge in [-0.3, -0.25) is 0 Å². The van der Waals surface area contributed by atoms with Gasteiger partial charge in [0.15, 0.2) is 15.7 Å². The summed E-state index contributed by atoms with van der Waals surface area (Å²) in [5.41, 5.74) is 5.89. The quantitative estimate of drug-likeness (QED) is 0.786. The molecule has 0 saturated carbocycles. The summed E-state index contributed by atoms with van der Waals surface area (Å²) in [7, 11) is -3.06. The smallest absolute Gasteiger partial charge is 0.169 e. The van der Waals surface area contributed by atoms with Crippen molar-refractivity contribution < 1.29 is 8.42 Å². The Hall–Kier alpha value is -0.950. The van der Waals surface area contributed by atoms with Gasteiger partial charge in [0.05, 0.1) is 5.75 Å². The lowest BCUT2D eigenvalue weighted by Crippen LogP contribution is -2.31. The van der Waals surface area contributed by atoms with Crippen LogP contribution < -0.4 is 5.73 Å². The molecule has 0 amide bonds. The molecule has 1 fully saturated rings. The Morgan fingerprint density at radius 2 is 2.11 bits per heavy atom. The maximum absolute atomic E-state index is 12.0. The normalized spacial score (nSPS) is 30.9. The summed E-state index contributed by atoms with van der Waals surface area (Å²) in [5, 5.41) is 3.88. The van der Waals surface area contributed by atoms with E-state index in [0.717, 1.165) is 31.6 Å². The number of rotatable bonds is 1. The molecule has 7 heteroatoms. The second-order valence-corrected chi connectivity index (χ2v) is 7.52. The molecule has 0 bridgehead atoms. The second-order valence-electron chi connectivity index (χ2n) is 5.21. The van der Waals surface area contributed by atoms with E-state index in [1.807, 2.05) is 4.68 Å². The molecule has 2 unspecified atom stereocenters. The fraction of sp³-hybridized carbons (Fsp3) is 0.818. The van der Waals surface area contributed by atoms with E-state index in [0.29, 0.717) is 18.7 Å². The Kier molecular flexibility index (Phi) is 2.90. The molecule has 1 aromatic rings. The highest BCUT2D eigenvalue weighted by Gasteiger charge is 2.34. The minimum atomic E-state index is -3.06. The summed E-state index contributed by atoms with van der Waals surface area (Å²) in [6.07, 6.45) is 3.93. The molecule has 0 aliphatic carbocycles. The Morgan fingerprint density at radius 3 is 2.89 bits per heavy atom. The van der Waals surface area contributed by atoms with Crippen molar-refractivity contribution in [3.8, 4) is 0 Å². The highest BCUT2D eigenvalue weighted by Crippen LogP contribution is 2.32. The number of aromatic nitrogens is 3. The topological polar surface area (TPSA) is 90.9 Å². The molecule has 3 rings (SSSR count). The third-order valence-electron chi connectivity index (χ3n) is 3.79. The first-order valence-corrected chi connectivity index (χ1v) is 8.18. The lowest BCUT2D eigenvalue weighted by Gasteiger charge is -2.19. The lowest BCUT2D eigenvalue weighted by atomic mass is 10.1. The van der Waals surface area contributed by atoms with Gasteiger partial charge in [-0.1, -0.05) is 6.42 Å². The molecule has 2 atom stereocenters. The van der Waals surface area contributed by atoms with Crippen LogP contribution in [-0.2, 0) is 22.8 Å². The Morgan fingerprint density at radius 1 is 1.28 bits per heavy atom. The van der Waals surface area contributed by atoms with Crippen LogP contribution in [0.4, 0.5) is 0 Å². The Balaban J connectivity index is 1.93. The van der Waals surface area contributed by atoms with Crippen LogP contribution >= 0.6 is 0 Å². The zero-order chi connectivity index (χ0) is 12.8. The SMILES string of the molecule is NC1CCn2nc(C3CCCCS3(=O)=O)nc2C1. The number of sulfone groups is 1. The predicted octanol–water partition coefficient (Wildman–Crippen LogP) is 0.191. The second kappa shape index (κ2) is 4.31. The average molecular weight is 270 g/mol. The third kappa shape index (κ3) is 2.05. The highest BCUT2D eigenvalue weighted by atomic mass is 32.2. The van der Waals surface area contributed by atoms with Gasteiger partial charge in [0, 0.05) is 19.0 Å². The first-order chi connectivity index (χ1) is 8.56. The van der Waals surface area contributed by atoms with E-state index in [2.05, 4.69) is 10.1 Å². The summed E-state index contributed by atoms with van der Waals surface area (Å²) < 4.78 is 25.9. The van der Waals surface area contributed by atoms with E-state index in [9.17, 15) is 8.42 Å². The van der Waals surface area contributed by atoms with Crippen molar-refractivity contribution in [1.82, 2.24) is 14.8 Å². The monoisotopic (exact) mass is 270 g/mol. The third-order valence-corrected chi connectivity index (χ3v) is 5.96. The van der Waals surface area contributed by atoms with Gasteiger partial charge in [-0.2, -0.15) is 5.10 Å². The summed E-state index contributed by atoms with van der Waals surface area (Å²) in [5.74, 6) is 1.59. The molecule has 0 aromatic carbocycles. The molecule has 6 nitrogen and oxygen atoms in total. The van der Waals surface area contributed by atoms with E-state index in [1.165, 1.54) is 0 Å². The van der Waals surface area contributed by atoms with Crippen molar-refractivity contribution in [1.29, 1.82) is 0 Å². The van der Waals surface area contributed by atoms with E-state index in [-0.39, 0.29) is 11.8 Å². The molecule has 2 N–H and O–H groups in total. The molecule has 3 heterocycles. The maximum Gasteiger partial charge on any atom is 0.169 e. The largest absolute Gasteiger partial charge is 0.327 e. The predicted molar refractivity (Wildman–Crippen MR) is 66.7 cm³/mol. The van der Waals surface area contributed by atoms with Crippen LogP contribution in [0.15, 0.2) is 0 Å². The molecule has 18 heavy (non-hydrogen) atoms. The van der Waals surface area contributed by atoms with Crippen LogP contribution in [0.5, 0.6) is 0 Å². The van der Waals surface area contributed by atoms with Crippen LogP contribution in [-0.4, -0.2) is 35.0 Å². The summed E-state index contributed by atoms with van der Waals surface area (Å²) in [6.45, 7) is 0.746. The van der Waals surface area contributed by atoms with Gasteiger partial charge in [0.1, 0.15) is 11.1 Å². The van der Waals surface area contributed by atoms with E-state index >= 15 is 0 Å². The molecule has 1 aromatic heterocycles. The molecular formula is C11H18N4O2S. The zero-order valence-corrected chi connectivity index (χ0v) is 11.1. The standard InChI is InChI=1S/C11H18N4O2S/c12-8-4-5-15-10(7-8)13-11(14-15)9-3-1-2-6-18(9,16)17/h8-9H,1-7,12H2. The lowest BCUT2D eigenvalue weighted by molar-refractivity contribution is 0.431. The van der Waals surface area contributed by atoms with Crippen molar-refractivity contribution in [3.05, 3.63) is 11.6 Å². The molecule has 1 saturated heterocycles. The van der Waals surface area contributed by atoms with Crippen LogP contribution in [0.1, 0.15) is 42.6 Å². The van der Waals surface area contributed by atoms with Gasteiger partial charge in [0.25, 0.3) is 0 Å². The van der Waals surface area contributed by atoms with Crippen molar-refractivity contribution in [2.24, 2.45) is 5.73 Å². The van der Waals surface area contributed by atoms with Gasteiger partial charge in [0.2, 0.25) is 0 Å². The maximum atomic E-state index is 12.0. The molecule has 2 aliphatic rings. The molecule has 0 radical (unpaired) electrons. The number of nitrogens with two attached hydrogens (primary N) is 1. The van der Waals surface area contributed by atoms with Crippen molar-refractivity contribution in [2.45, 2.75) is 49.9 Å². The number of fused-ring (bicyclic) bond motifs is 1. The summed E-state index contributed by atoms with van der Waals surface area (Å²) >= 11 is 0. The summed E-state index contributed by atoms with van der Waals surface area (Å²) in [6, 6.07) is 0.123. The Labute approximate surface area is 106 Å². The van der Waals surface area contributed by atoms with Crippen molar-refractivity contribution in [2.75, 3.05) is 5.75 Å². The van der Waals surface area contributed by atoms with E-state index < -0.39 is 15.1 Å². The molecule has 2 aliphatic heterocycles. The van der Waals surface area contributed by atoms with Crippen LogP contribution in [0, 0.1) is 0 Å². The minimum absolute atomic E-state index is 0.123. The molecular weight excluding hydrogens is 252 g/mol.